The molecule has 43 heavy (non-hydrogen) atoms. The molecule has 7 atom stereocenters. The Morgan fingerprint density at radius 2 is 1.67 bits per heavy atom. The van der Waals surface area contributed by atoms with Gasteiger partial charge in [-0.1, -0.05) is 51.5 Å². The average Bonchev–Trinajstić information content (AvgIpc) is 3.24. The summed E-state index contributed by atoms with van der Waals surface area (Å²) in [6, 6.07) is 5.77. The van der Waals surface area contributed by atoms with Crippen LogP contribution in [0.25, 0.3) is 0 Å². The summed E-state index contributed by atoms with van der Waals surface area (Å²) in [5.41, 5.74) is -1.76. The second-order valence-electron chi connectivity index (χ2n) is 13.0. The van der Waals surface area contributed by atoms with Gasteiger partial charge in [-0.25, -0.2) is 0 Å². The number of aliphatic hydroxyl groups excluding tert-OH is 1. The standard InChI is InChI=1S/C34H47N3O6/c1-7-11-23(5)35-18-10-17-34-28(31(40)37(29(34)32(35)41)25(21-38)20-22(3)4)27-30(39)36(19-9-16-33(27,6)43-34)24-12-14-26(15-13-24)42-8-2/h9-10,12-17,22-23,25,27-29,38H,7-8,11,18-21H2,1-6H3/t23?,25-,27-,28+,29?,33+,34+/m1/s1. The van der Waals surface area contributed by atoms with Crippen LogP contribution in [0.5, 0.6) is 5.75 Å². The monoisotopic (exact) mass is 593 g/mol. The molecule has 2 unspecified atom stereocenters. The third kappa shape index (κ3) is 5.18. The Labute approximate surface area is 255 Å². The van der Waals surface area contributed by atoms with E-state index >= 15 is 0 Å². The van der Waals surface area contributed by atoms with E-state index in [0.29, 0.717) is 37.6 Å². The molecule has 0 bridgehead atoms. The SMILES string of the molecule is CCCC(C)N1CC=C[C@]23O[C@@]4(C)C=CCN(c5ccc(OCC)cc5)C(=O)[C@H]4[C@H]2C(=O)N([C@@H](CO)CC(C)C)C3C1=O. The third-order valence-electron chi connectivity index (χ3n) is 9.57. The van der Waals surface area contributed by atoms with Gasteiger partial charge in [-0.2, -0.15) is 0 Å². The maximum Gasteiger partial charge on any atom is 0.249 e. The van der Waals surface area contributed by atoms with Crippen LogP contribution in [0.4, 0.5) is 5.69 Å². The number of carbonyl (C=O) groups excluding carboxylic acids is 3. The van der Waals surface area contributed by atoms with Crippen molar-refractivity contribution in [2.24, 2.45) is 17.8 Å². The number of fused-ring (bicyclic) bond motifs is 2. The van der Waals surface area contributed by atoms with Gasteiger partial charge in [0.1, 0.15) is 17.4 Å². The summed E-state index contributed by atoms with van der Waals surface area (Å²) in [7, 11) is 0. The first kappa shape index (κ1) is 31.3. The van der Waals surface area contributed by atoms with E-state index in [2.05, 4.69) is 6.92 Å². The fourth-order valence-electron chi connectivity index (χ4n) is 7.78. The predicted molar refractivity (Wildman–Crippen MR) is 164 cm³/mol. The molecule has 1 spiro atoms. The number of amides is 3. The normalized spacial score (nSPS) is 31.6. The average molecular weight is 594 g/mol. The first-order valence-electron chi connectivity index (χ1n) is 15.9. The van der Waals surface area contributed by atoms with E-state index in [9.17, 15) is 19.5 Å². The van der Waals surface area contributed by atoms with E-state index in [-0.39, 0.29) is 36.3 Å². The van der Waals surface area contributed by atoms with Gasteiger partial charge in [-0.3, -0.25) is 14.4 Å². The first-order chi connectivity index (χ1) is 20.5. The highest BCUT2D eigenvalue weighted by molar-refractivity contribution is 6.04. The maximum atomic E-state index is 14.7. The molecule has 0 aromatic heterocycles. The van der Waals surface area contributed by atoms with E-state index < -0.39 is 35.1 Å². The molecular formula is C34H47N3O6. The summed E-state index contributed by atoms with van der Waals surface area (Å²) >= 11 is 0. The summed E-state index contributed by atoms with van der Waals surface area (Å²) in [5, 5.41) is 10.6. The molecule has 2 fully saturated rings. The van der Waals surface area contributed by atoms with Crippen molar-refractivity contribution in [3.8, 4) is 5.75 Å². The lowest BCUT2D eigenvalue weighted by molar-refractivity contribution is -0.155. The van der Waals surface area contributed by atoms with Gasteiger partial charge in [0, 0.05) is 24.8 Å². The van der Waals surface area contributed by atoms with Crippen molar-refractivity contribution in [3.63, 3.8) is 0 Å². The highest BCUT2D eigenvalue weighted by Gasteiger charge is 2.75. The van der Waals surface area contributed by atoms with E-state index in [4.69, 9.17) is 9.47 Å². The zero-order valence-electron chi connectivity index (χ0n) is 26.4. The van der Waals surface area contributed by atoms with Gasteiger partial charge in [-0.05, 0) is 63.8 Å². The molecule has 4 heterocycles. The Morgan fingerprint density at radius 1 is 0.977 bits per heavy atom. The van der Waals surface area contributed by atoms with Crippen LogP contribution in [0.1, 0.15) is 60.8 Å². The molecule has 9 heteroatoms. The van der Waals surface area contributed by atoms with Crippen LogP contribution in [0.2, 0.25) is 0 Å². The number of hydrogen-bond donors (Lipinski definition) is 1. The van der Waals surface area contributed by atoms with Crippen molar-refractivity contribution in [2.45, 2.75) is 90.1 Å². The van der Waals surface area contributed by atoms with Crippen molar-refractivity contribution in [3.05, 3.63) is 48.6 Å². The zero-order chi connectivity index (χ0) is 31.1. The highest BCUT2D eigenvalue weighted by Crippen LogP contribution is 2.58. The number of hydrogen-bond acceptors (Lipinski definition) is 6. The minimum absolute atomic E-state index is 0.0369. The summed E-state index contributed by atoms with van der Waals surface area (Å²) < 4.78 is 12.6. The van der Waals surface area contributed by atoms with Gasteiger partial charge in [0.2, 0.25) is 17.7 Å². The van der Waals surface area contributed by atoms with Crippen LogP contribution >= 0.6 is 0 Å². The Balaban J connectivity index is 1.61. The first-order valence-corrected chi connectivity index (χ1v) is 15.9. The second kappa shape index (κ2) is 12.1. The molecule has 1 aromatic rings. The van der Waals surface area contributed by atoms with Gasteiger partial charge >= 0.3 is 0 Å². The molecule has 2 saturated heterocycles. The number of benzene rings is 1. The quantitative estimate of drug-likeness (QED) is 0.413. The lowest BCUT2D eigenvalue weighted by atomic mass is 9.74. The molecule has 0 radical (unpaired) electrons. The largest absolute Gasteiger partial charge is 0.494 e. The molecule has 4 aliphatic rings. The third-order valence-corrected chi connectivity index (χ3v) is 9.57. The molecule has 234 valence electrons. The topological polar surface area (TPSA) is 99.6 Å². The van der Waals surface area contributed by atoms with Crippen LogP contribution in [0, 0.1) is 17.8 Å². The molecular weight excluding hydrogens is 546 g/mol. The van der Waals surface area contributed by atoms with E-state index in [1.54, 1.807) is 9.80 Å². The van der Waals surface area contributed by atoms with Gasteiger partial charge in [0.05, 0.1) is 36.7 Å². The van der Waals surface area contributed by atoms with E-state index in [1.807, 2.05) is 88.1 Å². The van der Waals surface area contributed by atoms with Gasteiger partial charge in [-0.15, -0.1) is 0 Å². The fourth-order valence-corrected chi connectivity index (χ4v) is 7.78. The summed E-state index contributed by atoms with van der Waals surface area (Å²) in [5.74, 6) is -1.62. The van der Waals surface area contributed by atoms with Gasteiger partial charge < -0.3 is 29.3 Å². The smallest absolute Gasteiger partial charge is 0.249 e. The van der Waals surface area contributed by atoms with Crippen molar-refractivity contribution < 1.29 is 29.0 Å². The molecule has 0 aliphatic carbocycles. The highest BCUT2D eigenvalue weighted by atomic mass is 16.5. The Bertz CT molecular complexity index is 1280. The number of ether oxygens (including phenoxy) is 2. The molecule has 5 rings (SSSR count). The van der Waals surface area contributed by atoms with E-state index in [1.165, 1.54) is 0 Å². The lowest BCUT2D eigenvalue weighted by Crippen LogP contribution is -2.59. The van der Waals surface area contributed by atoms with Crippen LogP contribution < -0.4 is 9.64 Å². The van der Waals surface area contributed by atoms with Crippen molar-refractivity contribution in [2.75, 3.05) is 31.2 Å². The van der Waals surface area contributed by atoms with Crippen LogP contribution in [0.3, 0.4) is 0 Å². The summed E-state index contributed by atoms with van der Waals surface area (Å²) in [6.07, 6.45) is 9.88. The summed E-state index contributed by atoms with van der Waals surface area (Å²) in [4.78, 5) is 49.0. The number of carbonyl (C=O) groups is 3. The van der Waals surface area contributed by atoms with Crippen LogP contribution in [-0.4, -0.2) is 88.3 Å². The fraction of sp³-hybridized carbons (Fsp3) is 0.618. The van der Waals surface area contributed by atoms with Crippen LogP contribution in [-0.2, 0) is 19.1 Å². The molecule has 3 amide bonds. The Morgan fingerprint density at radius 3 is 2.30 bits per heavy atom. The second-order valence-corrected chi connectivity index (χ2v) is 13.0. The van der Waals surface area contributed by atoms with Gasteiger partial charge in [0.25, 0.3) is 0 Å². The molecule has 4 aliphatic heterocycles. The number of likely N-dealkylation sites (tertiary alicyclic amines) is 1. The van der Waals surface area contributed by atoms with Crippen LogP contribution in [0.15, 0.2) is 48.6 Å². The molecule has 0 saturated carbocycles. The number of rotatable bonds is 10. The number of aliphatic hydroxyl groups is 1. The molecule has 1 aromatic carbocycles. The lowest BCUT2D eigenvalue weighted by Gasteiger charge is -2.41. The minimum Gasteiger partial charge on any atom is -0.494 e. The Hall–Kier alpha value is -3.17. The Kier molecular flexibility index (Phi) is 8.78. The van der Waals surface area contributed by atoms with Crippen molar-refractivity contribution in [1.29, 1.82) is 0 Å². The summed E-state index contributed by atoms with van der Waals surface area (Å²) in [6.45, 7) is 12.9. The number of anilines is 1. The zero-order valence-corrected chi connectivity index (χ0v) is 26.4. The van der Waals surface area contributed by atoms with E-state index in [0.717, 1.165) is 12.8 Å². The molecule has 9 nitrogen and oxygen atoms in total. The van der Waals surface area contributed by atoms with Crippen molar-refractivity contribution in [1.82, 2.24) is 9.80 Å². The minimum atomic E-state index is -1.35. The predicted octanol–water partition coefficient (Wildman–Crippen LogP) is 3.95. The number of nitrogens with zero attached hydrogens (tertiary/aromatic N) is 3. The maximum absolute atomic E-state index is 14.7. The molecule has 1 N–H and O–H groups in total. The van der Waals surface area contributed by atoms with Crippen molar-refractivity contribution >= 4 is 23.4 Å². The van der Waals surface area contributed by atoms with Gasteiger partial charge in [0.15, 0.2) is 0 Å².